The van der Waals surface area contributed by atoms with Gasteiger partial charge in [-0.15, -0.1) is 0 Å². The number of halogens is 1. The van der Waals surface area contributed by atoms with Crippen molar-refractivity contribution in [3.63, 3.8) is 0 Å². The van der Waals surface area contributed by atoms with E-state index in [1.807, 2.05) is 42.3 Å². The van der Waals surface area contributed by atoms with Crippen molar-refractivity contribution < 1.29 is 4.79 Å². The van der Waals surface area contributed by atoms with Crippen LogP contribution in [-0.4, -0.2) is 25.3 Å². The Bertz CT molecular complexity index is 715. The highest BCUT2D eigenvalue weighted by Crippen LogP contribution is 2.28. The lowest BCUT2D eigenvalue weighted by molar-refractivity contribution is 0.102. The highest BCUT2D eigenvalue weighted by Gasteiger charge is 2.13. The molecule has 0 atom stereocenters. The first kappa shape index (κ1) is 17.0. The molecule has 0 unspecified atom stereocenters. The van der Waals surface area contributed by atoms with E-state index in [2.05, 4.69) is 14.9 Å². The van der Waals surface area contributed by atoms with Gasteiger partial charge in [0, 0.05) is 36.3 Å². The summed E-state index contributed by atoms with van der Waals surface area (Å²) in [5, 5.41) is 6.53. The molecular weight excluding hydrogens is 342 g/mol. The summed E-state index contributed by atoms with van der Waals surface area (Å²) < 4.78 is 2.30. The van der Waals surface area contributed by atoms with Crippen molar-refractivity contribution in [2.75, 3.05) is 34.3 Å². The fourth-order valence-corrected chi connectivity index (χ4v) is 3.87. The second kappa shape index (κ2) is 7.81. The van der Waals surface area contributed by atoms with Crippen molar-refractivity contribution in [2.45, 2.75) is 12.8 Å². The van der Waals surface area contributed by atoms with Gasteiger partial charge in [0.2, 0.25) is 0 Å². The van der Waals surface area contributed by atoms with Crippen LogP contribution < -0.4 is 14.9 Å². The molecule has 1 aliphatic heterocycles. The molecule has 2 aromatic rings. The van der Waals surface area contributed by atoms with E-state index in [9.17, 15) is 4.79 Å². The molecule has 24 heavy (non-hydrogen) atoms. The molecule has 0 aromatic heterocycles. The van der Waals surface area contributed by atoms with Gasteiger partial charge in [-0.2, -0.15) is 0 Å². The predicted molar refractivity (Wildman–Crippen MR) is 104 cm³/mol. The van der Waals surface area contributed by atoms with E-state index in [4.69, 9.17) is 11.6 Å². The van der Waals surface area contributed by atoms with Crippen LogP contribution in [0, 0.1) is 0 Å². The largest absolute Gasteiger partial charge is 0.387 e. The average Bonchev–Trinajstić information content (AvgIpc) is 2.64. The van der Waals surface area contributed by atoms with Crippen molar-refractivity contribution in [3.05, 3.63) is 53.1 Å². The first-order valence-corrected chi connectivity index (χ1v) is 9.28. The van der Waals surface area contributed by atoms with Crippen molar-refractivity contribution >= 4 is 46.5 Å². The Hall–Kier alpha value is -1.85. The minimum absolute atomic E-state index is 0.128. The SMILES string of the molecule is CNc1cc(NC(=O)c2ccc(N3CCCCS3)cc2)ccc1Cl. The normalized spacial score (nSPS) is 14.3. The molecular formula is C18H20ClN3OS. The van der Waals surface area contributed by atoms with E-state index in [-0.39, 0.29) is 5.91 Å². The number of carbonyl (C=O) groups excluding carboxylic acids is 1. The Morgan fingerprint density at radius 3 is 2.62 bits per heavy atom. The number of rotatable bonds is 4. The fraction of sp³-hybridized carbons (Fsp3) is 0.278. The van der Waals surface area contributed by atoms with Gasteiger partial charge in [0.1, 0.15) is 0 Å². The number of amides is 1. The lowest BCUT2D eigenvalue weighted by Gasteiger charge is -2.27. The first-order chi connectivity index (χ1) is 11.7. The van der Waals surface area contributed by atoms with Crippen LogP contribution in [0.2, 0.25) is 5.02 Å². The van der Waals surface area contributed by atoms with Gasteiger partial charge in [-0.3, -0.25) is 4.79 Å². The summed E-state index contributed by atoms with van der Waals surface area (Å²) in [7, 11) is 1.80. The maximum Gasteiger partial charge on any atom is 0.255 e. The van der Waals surface area contributed by atoms with Crippen LogP contribution >= 0.6 is 23.5 Å². The second-order valence-electron chi connectivity index (χ2n) is 5.59. The van der Waals surface area contributed by atoms with Crippen LogP contribution in [0.3, 0.4) is 0 Å². The number of hydrogen-bond donors (Lipinski definition) is 2. The molecule has 0 aliphatic carbocycles. The molecule has 4 nitrogen and oxygen atoms in total. The van der Waals surface area contributed by atoms with Gasteiger partial charge >= 0.3 is 0 Å². The third-order valence-electron chi connectivity index (χ3n) is 3.91. The molecule has 2 aromatic carbocycles. The van der Waals surface area contributed by atoms with Crippen molar-refractivity contribution in [1.82, 2.24) is 0 Å². The number of benzene rings is 2. The molecule has 0 spiro atoms. The van der Waals surface area contributed by atoms with Crippen LogP contribution in [0.15, 0.2) is 42.5 Å². The van der Waals surface area contributed by atoms with E-state index in [0.717, 1.165) is 23.7 Å². The Morgan fingerprint density at radius 1 is 1.17 bits per heavy atom. The third-order valence-corrected chi connectivity index (χ3v) is 5.42. The predicted octanol–water partition coefficient (Wildman–Crippen LogP) is 4.88. The zero-order chi connectivity index (χ0) is 16.9. The van der Waals surface area contributed by atoms with Crippen molar-refractivity contribution in [1.29, 1.82) is 0 Å². The van der Waals surface area contributed by atoms with E-state index >= 15 is 0 Å². The number of carbonyl (C=O) groups is 1. The van der Waals surface area contributed by atoms with E-state index in [1.165, 1.54) is 12.8 Å². The van der Waals surface area contributed by atoms with E-state index in [1.54, 1.807) is 19.2 Å². The smallest absolute Gasteiger partial charge is 0.255 e. The minimum Gasteiger partial charge on any atom is -0.387 e. The van der Waals surface area contributed by atoms with Gasteiger partial charge in [-0.25, -0.2) is 0 Å². The molecule has 0 saturated carbocycles. The molecule has 2 N–H and O–H groups in total. The molecule has 126 valence electrons. The maximum atomic E-state index is 12.4. The van der Waals surface area contributed by atoms with Crippen LogP contribution in [0.1, 0.15) is 23.2 Å². The Balaban J connectivity index is 1.68. The van der Waals surface area contributed by atoms with Gasteiger partial charge in [0.15, 0.2) is 0 Å². The van der Waals surface area contributed by atoms with Crippen molar-refractivity contribution in [2.24, 2.45) is 0 Å². The molecule has 0 bridgehead atoms. The molecule has 1 aliphatic rings. The summed E-state index contributed by atoms with van der Waals surface area (Å²) >= 11 is 7.91. The second-order valence-corrected chi connectivity index (χ2v) is 7.10. The lowest BCUT2D eigenvalue weighted by Crippen LogP contribution is -2.21. The van der Waals surface area contributed by atoms with E-state index < -0.39 is 0 Å². The number of nitrogens with zero attached hydrogens (tertiary/aromatic N) is 1. The van der Waals surface area contributed by atoms with Gasteiger partial charge < -0.3 is 14.9 Å². The van der Waals surface area contributed by atoms with E-state index in [0.29, 0.717) is 16.3 Å². The summed E-state index contributed by atoms with van der Waals surface area (Å²) in [6.07, 6.45) is 2.50. The molecule has 1 saturated heterocycles. The van der Waals surface area contributed by atoms with Crippen LogP contribution in [0.25, 0.3) is 0 Å². The van der Waals surface area contributed by atoms with Gasteiger partial charge in [-0.1, -0.05) is 11.6 Å². The van der Waals surface area contributed by atoms with Crippen LogP contribution in [-0.2, 0) is 0 Å². The molecule has 3 rings (SSSR count). The topological polar surface area (TPSA) is 44.4 Å². The molecule has 0 radical (unpaired) electrons. The molecule has 1 heterocycles. The van der Waals surface area contributed by atoms with Crippen molar-refractivity contribution in [3.8, 4) is 0 Å². The number of hydrogen-bond acceptors (Lipinski definition) is 4. The molecule has 6 heteroatoms. The van der Waals surface area contributed by atoms with Gasteiger partial charge in [0.05, 0.1) is 10.7 Å². The average molecular weight is 362 g/mol. The summed E-state index contributed by atoms with van der Waals surface area (Å²) in [6.45, 7) is 1.06. The Morgan fingerprint density at radius 2 is 1.96 bits per heavy atom. The van der Waals surface area contributed by atoms with Gasteiger partial charge in [-0.05, 0) is 67.3 Å². The van der Waals surface area contributed by atoms with Crippen LogP contribution in [0.4, 0.5) is 17.1 Å². The standard InChI is InChI=1S/C18H20ClN3OS/c1-20-17-12-14(6-9-16(17)19)21-18(23)13-4-7-15(8-5-13)22-10-2-3-11-24-22/h4-9,12,20H,2-3,10-11H2,1H3,(H,21,23). The zero-order valence-corrected chi connectivity index (χ0v) is 15.1. The molecule has 1 fully saturated rings. The molecule has 1 amide bonds. The highest BCUT2D eigenvalue weighted by molar-refractivity contribution is 8.00. The zero-order valence-electron chi connectivity index (χ0n) is 13.5. The fourth-order valence-electron chi connectivity index (χ4n) is 2.58. The first-order valence-electron chi connectivity index (χ1n) is 7.96. The number of nitrogens with one attached hydrogen (secondary N) is 2. The monoisotopic (exact) mass is 361 g/mol. The summed E-state index contributed by atoms with van der Waals surface area (Å²) in [5.74, 6) is 1.03. The maximum absolute atomic E-state index is 12.4. The third kappa shape index (κ3) is 3.97. The summed E-state index contributed by atoms with van der Waals surface area (Å²) in [6, 6.07) is 13.1. The summed E-state index contributed by atoms with van der Waals surface area (Å²) in [4.78, 5) is 12.4. The lowest BCUT2D eigenvalue weighted by atomic mass is 10.1. The van der Waals surface area contributed by atoms with Gasteiger partial charge in [0.25, 0.3) is 5.91 Å². The highest BCUT2D eigenvalue weighted by atomic mass is 35.5. The quantitative estimate of drug-likeness (QED) is 0.761. The number of anilines is 3. The van der Waals surface area contributed by atoms with Crippen LogP contribution in [0.5, 0.6) is 0 Å². The Labute approximate surface area is 151 Å². The summed E-state index contributed by atoms with van der Waals surface area (Å²) in [5.41, 5.74) is 3.29. The minimum atomic E-state index is -0.128. The Kier molecular flexibility index (Phi) is 5.53.